The quantitative estimate of drug-likeness (QED) is 0.858. The normalized spacial score (nSPS) is 10.0. The molecule has 0 saturated carbocycles. The lowest BCUT2D eigenvalue weighted by atomic mass is 10.1. The number of methoxy groups -OCH3 is 1. The molecule has 4 nitrogen and oxygen atoms in total. The van der Waals surface area contributed by atoms with E-state index in [2.05, 4.69) is 0 Å². The molecule has 21 heavy (non-hydrogen) atoms. The van der Waals surface area contributed by atoms with Crippen LogP contribution in [0.3, 0.4) is 0 Å². The second-order valence-electron chi connectivity index (χ2n) is 4.71. The fraction of sp³-hybridized carbons (Fsp3) is 0.235. The SMILES string of the molecule is COC(=O)N(C)c1c(C)cccc1COc1ccccc1. The Bertz CT molecular complexity index is 611. The van der Waals surface area contributed by atoms with Crippen LogP contribution < -0.4 is 9.64 Å². The van der Waals surface area contributed by atoms with Crippen molar-refractivity contribution in [3.63, 3.8) is 0 Å². The van der Waals surface area contributed by atoms with Gasteiger partial charge in [-0.05, 0) is 24.6 Å². The number of hydrogen-bond acceptors (Lipinski definition) is 3. The van der Waals surface area contributed by atoms with Gasteiger partial charge in [-0.15, -0.1) is 0 Å². The summed E-state index contributed by atoms with van der Waals surface area (Å²) in [4.78, 5) is 13.3. The zero-order valence-electron chi connectivity index (χ0n) is 12.5. The zero-order chi connectivity index (χ0) is 15.2. The molecule has 2 rings (SSSR count). The number of nitrogens with zero attached hydrogens (tertiary/aromatic N) is 1. The summed E-state index contributed by atoms with van der Waals surface area (Å²) >= 11 is 0. The Kier molecular flexibility index (Phi) is 4.82. The smallest absolute Gasteiger partial charge is 0.413 e. The molecule has 0 aliphatic carbocycles. The monoisotopic (exact) mass is 285 g/mol. The van der Waals surface area contributed by atoms with E-state index >= 15 is 0 Å². The van der Waals surface area contributed by atoms with E-state index in [9.17, 15) is 4.79 Å². The molecule has 0 N–H and O–H groups in total. The first-order valence-corrected chi connectivity index (χ1v) is 6.71. The van der Waals surface area contributed by atoms with E-state index in [-0.39, 0.29) is 0 Å². The van der Waals surface area contributed by atoms with Crippen molar-refractivity contribution in [2.45, 2.75) is 13.5 Å². The van der Waals surface area contributed by atoms with E-state index in [1.54, 1.807) is 7.05 Å². The lowest BCUT2D eigenvalue weighted by Gasteiger charge is -2.21. The van der Waals surface area contributed by atoms with Gasteiger partial charge in [0.1, 0.15) is 12.4 Å². The van der Waals surface area contributed by atoms with Crippen LogP contribution in [-0.2, 0) is 11.3 Å². The molecule has 0 atom stereocenters. The number of aryl methyl sites for hydroxylation is 1. The van der Waals surface area contributed by atoms with Crippen LogP contribution in [0.5, 0.6) is 5.75 Å². The van der Waals surface area contributed by atoms with E-state index in [0.29, 0.717) is 6.61 Å². The van der Waals surface area contributed by atoms with Crippen LogP contribution in [0.25, 0.3) is 0 Å². The molecule has 110 valence electrons. The average molecular weight is 285 g/mol. The predicted molar refractivity (Wildman–Crippen MR) is 82.8 cm³/mol. The average Bonchev–Trinajstić information content (AvgIpc) is 2.52. The van der Waals surface area contributed by atoms with Gasteiger partial charge in [-0.3, -0.25) is 4.90 Å². The van der Waals surface area contributed by atoms with Gasteiger partial charge in [-0.1, -0.05) is 36.4 Å². The van der Waals surface area contributed by atoms with Crippen LogP contribution in [-0.4, -0.2) is 20.3 Å². The second-order valence-corrected chi connectivity index (χ2v) is 4.71. The number of carbonyl (C=O) groups excluding carboxylic acids is 1. The Morgan fingerprint density at radius 3 is 2.48 bits per heavy atom. The molecule has 0 heterocycles. The third-order valence-corrected chi connectivity index (χ3v) is 3.24. The van der Waals surface area contributed by atoms with E-state index in [0.717, 1.165) is 22.6 Å². The van der Waals surface area contributed by atoms with Gasteiger partial charge in [0.2, 0.25) is 0 Å². The van der Waals surface area contributed by atoms with Crippen LogP contribution in [0.4, 0.5) is 10.5 Å². The first-order valence-electron chi connectivity index (χ1n) is 6.71. The Hall–Kier alpha value is -2.49. The predicted octanol–water partition coefficient (Wildman–Crippen LogP) is 3.78. The molecule has 0 fully saturated rings. The highest BCUT2D eigenvalue weighted by molar-refractivity contribution is 5.89. The molecule has 2 aromatic rings. The number of para-hydroxylation sites is 2. The van der Waals surface area contributed by atoms with Gasteiger partial charge in [-0.2, -0.15) is 0 Å². The highest BCUT2D eigenvalue weighted by Gasteiger charge is 2.17. The van der Waals surface area contributed by atoms with Crippen molar-refractivity contribution >= 4 is 11.8 Å². The zero-order valence-corrected chi connectivity index (χ0v) is 12.5. The first kappa shape index (κ1) is 14.9. The maximum absolute atomic E-state index is 11.8. The number of amides is 1. The molecule has 1 amide bonds. The maximum Gasteiger partial charge on any atom is 0.413 e. The lowest BCUT2D eigenvalue weighted by Crippen LogP contribution is -2.28. The van der Waals surface area contributed by atoms with Crippen LogP contribution in [0, 0.1) is 6.92 Å². The van der Waals surface area contributed by atoms with Crippen molar-refractivity contribution in [3.8, 4) is 5.75 Å². The van der Waals surface area contributed by atoms with E-state index in [1.807, 2.05) is 55.5 Å². The minimum absolute atomic E-state index is 0.391. The number of benzene rings is 2. The molecule has 0 saturated heterocycles. The third kappa shape index (κ3) is 3.54. The first-order chi connectivity index (χ1) is 10.1. The Balaban J connectivity index is 2.23. The molecular formula is C17H19NO3. The summed E-state index contributed by atoms with van der Waals surface area (Å²) in [6.07, 6.45) is -0.398. The summed E-state index contributed by atoms with van der Waals surface area (Å²) in [7, 11) is 3.07. The highest BCUT2D eigenvalue weighted by atomic mass is 16.5. The minimum atomic E-state index is -0.398. The fourth-order valence-electron chi connectivity index (χ4n) is 2.22. The van der Waals surface area contributed by atoms with Crippen LogP contribution in [0.1, 0.15) is 11.1 Å². The third-order valence-electron chi connectivity index (χ3n) is 3.24. The molecular weight excluding hydrogens is 266 g/mol. The largest absolute Gasteiger partial charge is 0.489 e. The Labute approximate surface area is 124 Å². The number of rotatable bonds is 4. The van der Waals surface area contributed by atoms with Gasteiger partial charge in [0.05, 0.1) is 12.8 Å². The van der Waals surface area contributed by atoms with Gasteiger partial charge >= 0.3 is 6.09 Å². The Morgan fingerprint density at radius 1 is 1.10 bits per heavy atom. The number of anilines is 1. The molecule has 0 aliphatic heterocycles. The highest BCUT2D eigenvalue weighted by Crippen LogP contribution is 2.26. The molecule has 0 aliphatic rings. The number of hydrogen-bond donors (Lipinski definition) is 0. The van der Waals surface area contributed by atoms with Crippen molar-refractivity contribution < 1.29 is 14.3 Å². The molecule has 4 heteroatoms. The molecule has 0 bridgehead atoms. The van der Waals surface area contributed by atoms with E-state index in [4.69, 9.17) is 9.47 Å². The standard InChI is InChI=1S/C17H19NO3/c1-13-8-7-9-14(16(13)18(2)17(19)20-3)12-21-15-10-5-4-6-11-15/h4-11H,12H2,1-3H3. The molecule has 2 aromatic carbocycles. The number of ether oxygens (including phenoxy) is 2. The molecule has 0 unspecified atom stereocenters. The summed E-state index contributed by atoms with van der Waals surface area (Å²) in [6, 6.07) is 15.5. The van der Waals surface area contributed by atoms with E-state index in [1.165, 1.54) is 12.0 Å². The maximum atomic E-state index is 11.8. The van der Waals surface area contributed by atoms with Crippen molar-refractivity contribution in [2.24, 2.45) is 0 Å². The van der Waals surface area contributed by atoms with Gasteiger partial charge in [0.15, 0.2) is 0 Å². The number of carbonyl (C=O) groups is 1. The van der Waals surface area contributed by atoms with E-state index < -0.39 is 6.09 Å². The molecule has 0 aromatic heterocycles. The minimum Gasteiger partial charge on any atom is -0.489 e. The molecule has 0 spiro atoms. The lowest BCUT2D eigenvalue weighted by molar-refractivity contribution is 0.180. The summed E-state index contributed by atoms with van der Waals surface area (Å²) in [6.45, 7) is 2.35. The van der Waals surface area contributed by atoms with Crippen LogP contribution >= 0.6 is 0 Å². The van der Waals surface area contributed by atoms with Crippen molar-refractivity contribution in [3.05, 3.63) is 59.7 Å². The summed E-state index contributed by atoms with van der Waals surface area (Å²) in [5, 5.41) is 0. The van der Waals surface area contributed by atoms with Crippen molar-refractivity contribution in [1.29, 1.82) is 0 Å². The summed E-state index contributed by atoms with van der Waals surface area (Å²) in [5.74, 6) is 0.797. The van der Waals surface area contributed by atoms with Gasteiger partial charge in [0, 0.05) is 12.6 Å². The van der Waals surface area contributed by atoms with Crippen molar-refractivity contribution in [2.75, 3.05) is 19.1 Å². The van der Waals surface area contributed by atoms with Crippen molar-refractivity contribution in [1.82, 2.24) is 0 Å². The van der Waals surface area contributed by atoms with Crippen LogP contribution in [0.15, 0.2) is 48.5 Å². The fourth-order valence-corrected chi connectivity index (χ4v) is 2.22. The topological polar surface area (TPSA) is 38.8 Å². The van der Waals surface area contributed by atoms with Crippen LogP contribution in [0.2, 0.25) is 0 Å². The second kappa shape index (κ2) is 6.79. The van der Waals surface area contributed by atoms with Gasteiger partial charge in [0.25, 0.3) is 0 Å². The van der Waals surface area contributed by atoms with Gasteiger partial charge < -0.3 is 9.47 Å². The molecule has 0 radical (unpaired) electrons. The summed E-state index contributed by atoms with van der Waals surface area (Å²) in [5.41, 5.74) is 2.75. The Morgan fingerprint density at radius 2 is 1.81 bits per heavy atom. The van der Waals surface area contributed by atoms with Gasteiger partial charge in [-0.25, -0.2) is 4.79 Å². The summed E-state index contributed by atoms with van der Waals surface area (Å²) < 4.78 is 10.6.